The quantitative estimate of drug-likeness (QED) is 0.382. The van der Waals surface area contributed by atoms with Crippen LogP contribution < -0.4 is 15.4 Å². The number of fused-ring (bicyclic) bond motifs is 2. The molecule has 0 aromatic heterocycles. The molecule has 3 atom stereocenters. The molecule has 2 saturated heterocycles. The summed E-state index contributed by atoms with van der Waals surface area (Å²) in [5, 5.41) is 6.59. The smallest absolute Gasteiger partial charge is 0.422 e. The normalized spacial score (nSPS) is 24.9. The van der Waals surface area contributed by atoms with Gasteiger partial charge in [-0.3, -0.25) is 4.99 Å². The van der Waals surface area contributed by atoms with E-state index < -0.39 is 12.8 Å². The van der Waals surface area contributed by atoms with E-state index in [0.29, 0.717) is 18.6 Å². The number of nitrogens with one attached hydrogen (secondary N) is 2. The number of hydrogen-bond acceptors (Lipinski definition) is 3. The minimum absolute atomic E-state index is 0. The summed E-state index contributed by atoms with van der Waals surface area (Å²) in [6.45, 7) is -0.770. The minimum atomic E-state index is -4.33. The number of ether oxygens (including phenoxy) is 2. The molecular formula is C17H23F3IN3O2. The van der Waals surface area contributed by atoms with Gasteiger partial charge < -0.3 is 20.1 Å². The molecule has 3 rings (SSSR count). The van der Waals surface area contributed by atoms with Crippen LogP contribution in [0.4, 0.5) is 13.2 Å². The van der Waals surface area contributed by atoms with Gasteiger partial charge in [0.2, 0.25) is 0 Å². The molecule has 2 bridgehead atoms. The van der Waals surface area contributed by atoms with Gasteiger partial charge in [-0.1, -0.05) is 12.1 Å². The lowest BCUT2D eigenvalue weighted by molar-refractivity contribution is -0.153. The molecule has 2 N–H and O–H groups in total. The molecule has 2 aliphatic rings. The van der Waals surface area contributed by atoms with Crippen LogP contribution in [0.5, 0.6) is 5.75 Å². The Bertz CT molecular complexity index is 610. The van der Waals surface area contributed by atoms with Crippen LogP contribution in [0.15, 0.2) is 29.3 Å². The molecule has 2 heterocycles. The van der Waals surface area contributed by atoms with Crippen LogP contribution >= 0.6 is 24.0 Å². The van der Waals surface area contributed by atoms with Gasteiger partial charge in [-0.15, -0.1) is 24.0 Å². The first-order valence-corrected chi connectivity index (χ1v) is 8.34. The highest BCUT2D eigenvalue weighted by atomic mass is 127. The van der Waals surface area contributed by atoms with Crippen LogP contribution in [-0.2, 0) is 11.3 Å². The molecule has 0 saturated carbocycles. The van der Waals surface area contributed by atoms with Crippen LogP contribution in [-0.4, -0.2) is 44.0 Å². The summed E-state index contributed by atoms with van der Waals surface area (Å²) < 4.78 is 46.9. The van der Waals surface area contributed by atoms with E-state index in [2.05, 4.69) is 15.6 Å². The fourth-order valence-corrected chi connectivity index (χ4v) is 3.21. The van der Waals surface area contributed by atoms with Gasteiger partial charge in [-0.25, -0.2) is 0 Å². The van der Waals surface area contributed by atoms with Crippen molar-refractivity contribution in [3.05, 3.63) is 29.8 Å². The predicted octanol–water partition coefficient (Wildman–Crippen LogP) is 3.23. The largest absolute Gasteiger partial charge is 0.484 e. The Kier molecular flexibility index (Phi) is 7.39. The Morgan fingerprint density at radius 3 is 2.54 bits per heavy atom. The third-order valence-corrected chi connectivity index (χ3v) is 4.44. The second kappa shape index (κ2) is 9.12. The summed E-state index contributed by atoms with van der Waals surface area (Å²) in [6.07, 6.45) is -0.493. The number of rotatable bonds is 5. The lowest BCUT2D eigenvalue weighted by atomic mass is 9.96. The van der Waals surface area contributed by atoms with Crippen molar-refractivity contribution in [2.24, 2.45) is 4.99 Å². The van der Waals surface area contributed by atoms with Gasteiger partial charge in [0.1, 0.15) is 5.75 Å². The van der Waals surface area contributed by atoms with E-state index in [1.165, 1.54) is 12.1 Å². The fraction of sp³-hybridized carbons (Fsp3) is 0.588. The Hall–Kier alpha value is -1.23. The summed E-state index contributed by atoms with van der Waals surface area (Å²) in [5.41, 5.74) is 0.923. The molecule has 1 aromatic carbocycles. The Labute approximate surface area is 167 Å². The molecular weight excluding hydrogens is 462 g/mol. The van der Waals surface area contributed by atoms with E-state index in [4.69, 9.17) is 9.47 Å². The van der Waals surface area contributed by atoms with Gasteiger partial charge in [0.15, 0.2) is 12.6 Å². The topological polar surface area (TPSA) is 54.9 Å². The molecule has 3 unspecified atom stereocenters. The van der Waals surface area contributed by atoms with E-state index in [0.717, 1.165) is 24.8 Å². The maximum absolute atomic E-state index is 12.1. The average Bonchev–Trinajstić information content (AvgIpc) is 3.20. The van der Waals surface area contributed by atoms with Crippen molar-refractivity contribution >= 4 is 29.9 Å². The number of halogens is 4. The second-order valence-corrected chi connectivity index (χ2v) is 6.33. The van der Waals surface area contributed by atoms with Gasteiger partial charge in [-0.05, 0) is 37.0 Å². The molecule has 146 valence electrons. The predicted molar refractivity (Wildman–Crippen MR) is 103 cm³/mol. The summed E-state index contributed by atoms with van der Waals surface area (Å²) >= 11 is 0. The van der Waals surface area contributed by atoms with E-state index >= 15 is 0 Å². The molecule has 2 aliphatic heterocycles. The highest BCUT2D eigenvalue weighted by Crippen LogP contribution is 2.34. The molecule has 0 spiro atoms. The van der Waals surface area contributed by atoms with E-state index in [1.807, 2.05) is 0 Å². The molecule has 2 fully saturated rings. The fourth-order valence-electron chi connectivity index (χ4n) is 3.21. The van der Waals surface area contributed by atoms with E-state index in [-0.39, 0.29) is 41.9 Å². The van der Waals surface area contributed by atoms with Crippen LogP contribution in [0.3, 0.4) is 0 Å². The second-order valence-electron chi connectivity index (χ2n) is 6.33. The van der Waals surface area contributed by atoms with Crippen molar-refractivity contribution in [2.45, 2.75) is 50.2 Å². The third kappa shape index (κ3) is 5.90. The first-order chi connectivity index (χ1) is 11.9. The van der Waals surface area contributed by atoms with Crippen molar-refractivity contribution in [1.82, 2.24) is 10.6 Å². The number of hydrogen-bond donors (Lipinski definition) is 2. The third-order valence-electron chi connectivity index (χ3n) is 4.44. The van der Waals surface area contributed by atoms with Gasteiger partial charge in [0.25, 0.3) is 0 Å². The zero-order valence-corrected chi connectivity index (χ0v) is 16.7. The van der Waals surface area contributed by atoms with Crippen molar-refractivity contribution < 1.29 is 22.6 Å². The molecule has 26 heavy (non-hydrogen) atoms. The van der Waals surface area contributed by atoms with Crippen LogP contribution in [0.25, 0.3) is 0 Å². The first kappa shape index (κ1) is 21.1. The van der Waals surface area contributed by atoms with E-state index in [9.17, 15) is 13.2 Å². The average molecular weight is 485 g/mol. The zero-order chi connectivity index (χ0) is 17.9. The first-order valence-electron chi connectivity index (χ1n) is 8.34. The van der Waals surface area contributed by atoms with Crippen molar-refractivity contribution in [2.75, 3.05) is 13.7 Å². The summed E-state index contributed by atoms with van der Waals surface area (Å²) in [6, 6.07) is 6.80. The maximum atomic E-state index is 12.1. The lowest BCUT2D eigenvalue weighted by Gasteiger charge is -2.22. The molecule has 0 amide bonds. The van der Waals surface area contributed by atoms with Crippen LogP contribution in [0, 0.1) is 0 Å². The number of guanidine groups is 1. The Morgan fingerprint density at radius 1 is 1.27 bits per heavy atom. The van der Waals surface area contributed by atoms with Gasteiger partial charge in [-0.2, -0.15) is 13.2 Å². The zero-order valence-electron chi connectivity index (χ0n) is 14.4. The SMILES string of the molecule is CN=C(NCc1ccc(OCC(F)(F)F)cc1)NC1CC2CCC1O2.I. The highest BCUT2D eigenvalue weighted by molar-refractivity contribution is 14.0. The number of benzene rings is 1. The van der Waals surface area contributed by atoms with Gasteiger partial charge in [0, 0.05) is 13.6 Å². The standard InChI is InChI=1S/C17H22F3N3O2.HI/c1-21-16(23-14-8-13-6-7-15(14)25-13)22-9-11-2-4-12(5-3-11)24-10-17(18,19)20;/h2-5,13-15H,6-10H2,1H3,(H2,21,22,23);1H. The van der Waals surface area contributed by atoms with Gasteiger partial charge in [0.05, 0.1) is 18.2 Å². The molecule has 1 aromatic rings. The maximum Gasteiger partial charge on any atom is 0.422 e. The van der Waals surface area contributed by atoms with E-state index in [1.54, 1.807) is 19.2 Å². The number of nitrogens with zero attached hydrogens (tertiary/aromatic N) is 1. The monoisotopic (exact) mass is 485 g/mol. The van der Waals surface area contributed by atoms with Crippen LogP contribution in [0.1, 0.15) is 24.8 Å². The summed E-state index contributed by atoms with van der Waals surface area (Å²) in [5.74, 6) is 0.890. The number of alkyl halides is 3. The lowest BCUT2D eigenvalue weighted by Crippen LogP contribution is -2.47. The Morgan fingerprint density at radius 2 is 2.00 bits per heavy atom. The Balaban J connectivity index is 0.00000243. The van der Waals surface area contributed by atoms with Gasteiger partial charge >= 0.3 is 6.18 Å². The molecule has 5 nitrogen and oxygen atoms in total. The summed E-state index contributed by atoms with van der Waals surface area (Å²) in [7, 11) is 1.71. The highest BCUT2D eigenvalue weighted by Gasteiger charge is 2.41. The van der Waals surface area contributed by atoms with Crippen LogP contribution in [0.2, 0.25) is 0 Å². The van der Waals surface area contributed by atoms with Crippen molar-refractivity contribution in [3.63, 3.8) is 0 Å². The van der Waals surface area contributed by atoms with Crippen molar-refractivity contribution in [3.8, 4) is 5.75 Å². The minimum Gasteiger partial charge on any atom is -0.484 e. The molecule has 0 radical (unpaired) electrons. The molecule has 0 aliphatic carbocycles. The molecule has 9 heteroatoms. The van der Waals surface area contributed by atoms with Crippen molar-refractivity contribution in [1.29, 1.82) is 0 Å². The number of aliphatic imine (C=N–C) groups is 1. The summed E-state index contributed by atoms with van der Waals surface area (Å²) in [4.78, 5) is 4.21.